The van der Waals surface area contributed by atoms with Gasteiger partial charge in [0.2, 0.25) is 0 Å². The van der Waals surface area contributed by atoms with Gasteiger partial charge in [0, 0.05) is 35.3 Å². The van der Waals surface area contributed by atoms with Gasteiger partial charge >= 0.3 is 0 Å². The molecule has 192 valence electrons. The van der Waals surface area contributed by atoms with E-state index < -0.39 is 20.7 Å². The zero-order valence-electron chi connectivity index (χ0n) is 19.6. The van der Waals surface area contributed by atoms with Crippen molar-refractivity contribution in [2.45, 2.75) is 36.4 Å². The summed E-state index contributed by atoms with van der Waals surface area (Å²) in [5.74, 6) is 0.0282. The topological polar surface area (TPSA) is 107 Å². The van der Waals surface area contributed by atoms with Crippen LogP contribution in [0.5, 0.6) is 11.5 Å². The van der Waals surface area contributed by atoms with E-state index in [0.717, 1.165) is 27.8 Å². The van der Waals surface area contributed by atoms with Gasteiger partial charge in [-0.1, -0.05) is 23.8 Å². The second-order valence-corrected chi connectivity index (χ2v) is 11.2. The molecule has 0 saturated heterocycles. The van der Waals surface area contributed by atoms with Gasteiger partial charge < -0.3 is 20.5 Å². The first-order valence-electron chi connectivity index (χ1n) is 11.0. The minimum absolute atomic E-state index is 0.0674. The summed E-state index contributed by atoms with van der Waals surface area (Å²) in [5.41, 5.74) is 6.97. The van der Waals surface area contributed by atoms with Gasteiger partial charge in [-0.05, 0) is 37.1 Å². The third-order valence-electron chi connectivity index (χ3n) is 5.85. The average molecular weight is 553 g/mol. The van der Waals surface area contributed by atoms with Crippen molar-refractivity contribution in [2.24, 2.45) is 5.73 Å². The Hall–Kier alpha value is -2.86. The molecule has 1 heterocycles. The zero-order chi connectivity index (χ0) is 25.9. The lowest BCUT2D eigenvalue weighted by atomic mass is 9.96. The highest BCUT2D eigenvalue weighted by molar-refractivity contribution is 7.93. The Kier molecular flexibility index (Phi) is 8.04. The Morgan fingerprint density at radius 3 is 2.67 bits per heavy atom. The molecule has 1 aliphatic carbocycles. The summed E-state index contributed by atoms with van der Waals surface area (Å²) in [6.07, 6.45) is 6.80. The fourth-order valence-corrected chi connectivity index (χ4v) is 6.51. The van der Waals surface area contributed by atoms with Crippen molar-refractivity contribution in [1.29, 1.82) is 0 Å². The van der Waals surface area contributed by atoms with E-state index in [1.807, 2.05) is 12.2 Å². The fraction of sp³-hybridized carbons (Fsp3) is 0.292. The van der Waals surface area contributed by atoms with Crippen LogP contribution in [-0.4, -0.2) is 39.7 Å². The SMILES string of the molecule is COc1ccc(CN(c2nccs2)S(=O)(=O)c2cc(Cl)c(N[C@H]3CC=CC[C@@H]3N)cc2F)c(OC)c1. The molecule has 12 heteroatoms. The highest BCUT2D eigenvalue weighted by atomic mass is 35.5. The number of ether oxygens (including phenoxy) is 2. The molecule has 0 aliphatic heterocycles. The van der Waals surface area contributed by atoms with E-state index in [1.165, 1.54) is 20.4 Å². The van der Waals surface area contributed by atoms with Crippen LogP contribution in [0.15, 0.2) is 59.0 Å². The number of nitrogens with zero attached hydrogens (tertiary/aromatic N) is 2. The molecule has 1 aliphatic rings. The zero-order valence-corrected chi connectivity index (χ0v) is 22.0. The maximum absolute atomic E-state index is 15.4. The molecule has 2 aromatic carbocycles. The predicted molar refractivity (Wildman–Crippen MR) is 140 cm³/mol. The maximum Gasteiger partial charge on any atom is 0.269 e. The molecule has 36 heavy (non-hydrogen) atoms. The molecule has 8 nitrogen and oxygen atoms in total. The molecule has 3 N–H and O–H groups in total. The molecule has 1 aromatic heterocycles. The van der Waals surface area contributed by atoms with E-state index in [-0.39, 0.29) is 34.5 Å². The van der Waals surface area contributed by atoms with E-state index in [2.05, 4.69) is 10.3 Å². The maximum atomic E-state index is 15.4. The van der Waals surface area contributed by atoms with Crippen molar-refractivity contribution < 1.29 is 22.3 Å². The molecule has 0 fully saturated rings. The highest BCUT2D eigenvalue weighted by Gasteiger charge is 2.32. The number of nitrogens with one attached hydrogen (secondary N) is 1. The molecule has 4 rings (SSSR count). The Bertz CT molecular complexity index is 1350. The minimum Gasteiger partial charge on any atom is -0.497 e. The van der Waals surface area contributed by atoms with Gasteiger partial charge in [0.05, 0.1) is 31.5 Å². The van der Waals surface area contributed by atoms with Gasteiger partial charge in [-0.25, -0.2) is 22.1 Å². The van der Waals surface area contributed by atoms with Gasteiger partial charge in [-0.3, -0.25) is 0 Å². The van der Waals surface area contributed by atoms with Gasteiger partial charge in [0.15, 0.2) is 5.13 Å². The first-order chi connectivity index (χ1) is 17.2. The first kappa shape index (κ1) is 26.2. The predicted octanol–water partition coefficient (Wildman–Crippen LogP) is 4.81. The molecular formula is C24H26ClFN4O4S2. The number of nitrogens with two attached hydrogens (primary N) is 1. The fourth-order valence-electron chi connectivity index (χ4n) is 3.89. The Labute approximate surface area is 218 Å². The molecule has 0 unspecified atom stereocenters. The lowest BCUT2D eigenvalue weighted by Gasteiger charge is -2.28. The van der Waals surface area contributed by atoms with E-state index in [9.17, 15) is 8.42 Å². The molecule has 0 radical (unpaired) electrons. The number of anilines is 2. The number of hydrogen-bond donors (Lipinski definition) is 2. The smallest absolute Gasteiger partial charge is 0.269 e. The van der Waals surface area contributed by atoms with Crippen LogP contribution in [0.4, 0.5) is 15.2 Å². The van der Waals surface area contributed by atoms with Crippen LogP contribution in [0.2, 0.25) is 5.02 Å². The summed E-state index contributed by atoms with van der Waals surface area (Å²) in [6.45, 7) is -0.149. The number of sulfonamides is 1. The van der Waals surface area contributed by atoms with Gasteiger partial charge in [0.1, 0.15) is 22.2 Å². The second kappa shape index (κ2) is 11.0. The van der Waals surface area contributed by atoms with Crippen LogP contribution in [-0.2, 0) is 16.6 Å². The molecule has 0 saturated carbocycles. The lowest BCUT2D eigenvalue weighted by Crippen LogP contribution is -2.41. The van der Waals surface area contributed by atoms with Crippen LogP contribution in [0.3, 0.4) is 0 Å². The molecule has 2 atom stereocenters. The van der Waals surface area contributed by atoms with Crippen LogP contribution in [0, 0.1) is 5.82 Å². The molecule has 0 amide bonds. The van der Waals surface area contributed by atoms with E-state index >= 15 is 4.39 Å². The van der Waals surface area contributed by atoms with E-state index in [4.69, 9.17) is 26.8 Å². The third-order valence-corrected chi connectivity index (χ3v) is 8.83. The number of benzene rings is 2. The first-order valence-corrected chi connectivity index (χ1v) is 13.7. The molecular weight excluding hydrogens is 527 g/mol. The lowest BCUT2D eigenvalue weighted by molar-refractivity contribution is 0.391. The number of hydrogen-bond acceptors (Lipinski definition) is 8. The summed E-state index contributed by atoms with van der Waals surface area (Å²) in [5, 5.41) is 5.03. The number of methoxy groups -OCH3 is 2. The Morgan fingerprint density at radius 1 is 1.22 bits per heavy atom. The van der Waals surface area contributed by atoms with Crippen LogP contribution in [0.25, 0.3) is 0 Å². The highest BCUT2D eigenvalue weighted by Crippen LogP contribution is 2.35. The van der Waals surface area contributed by atoms with E-state index in [1.54, 1.807) is 23.6 Å². The Balaban J connectivity index is 1.70. The van der Waals surface area contributed by atoms with Crippen molar-refractivity contribution >= 4 is 43.8 Å². The summed E-state index contributed by atoms with van der Waals surface area (Å²) in [4.78, 5) is 3.60. The monoisotopic (exact) mass is 552 g/mol. The largest absolute Gasteiger partial charge is 0.497 e. The molecule has 3 aromatic rings. The van der Waals surface area contributed by atoms with Crippen LogP contribution >= 0.6 is 22.9 Å². The van der Waals surface area contributed by atoms with Crippen molar-refractivity contribution in [1.82, 2.24) is 4.98 Å². The van der Waals surface area contributed by atoms with Gasteiger partial charge in [0.25, 0.3) is 10.0 Å². The number of thiazole rings is 1. The van der Waals surface area contributed by atoms with Crippen LogP contribution < -0.4 is 24.8 Å². The van der Waals surface area contributed by atoms with Crippen molar-refractivity contribution in [3.05, 3.63) is 70.5 Å². The number of rotatable bonds is 9. The van der Waals surface area contributed by atoms with Crippen LogP contribution in [0.1, 0.15) is 18.4 Å². The summed E-state index contributed by atoms with van der Waals surface area (Å²) in [7, 11) is -1.42. The average Bonchev–Trinajstić information content (AvgIpc) is 3.40. The number of halogens is 2. The van der Waals surface area contributed by atoms with Crippen molar-refractivity contribution in [3.8, 4) is 11.5 Å². The quantitative estimate of drug-likeness (QED) is 0.367. The normalized spacial score (nSPS) is 17.6. The minimum atomic E-state index is -4.41. The summed E-state index contributed by atoms with van der Waals surface area (Å²) < 4.78 is 54.6. The van der Waals surface area contributed by atoms with Gasteiger partial charge in [-0.2, -0.15) is 0 Å². The molecule has 0 bridgehead atoms. The van der Waals surface area contributed by atoms with Gasteiger partial charge in [-0.15, -0.1) is 11.3 Å². The van der Waals surface area contributed by atoms with E-state index in [0.29, 0.717) is 29.9 Å². The van der Waals surface area contributed by atoms with Crippen molar-refractivity contribution in [3.63, 3.8) is 0 Å². The second-order valence-electron chi connectivity index (χ2n) is 8.12. The van der Waals surface area contributed by atoms with Crippen molar-refractivity contribution in [2.75, 3.05) is 23.8 Å². The third kappa shape index (κ3) is 5.44. The Morgan fingerprint density at radius 2 is 2.00 bits per heavy atom. The summed E-state index contributed by atoms with van der Waals surface area (Å²) in [6, 6.07) is 6.91. The summed E-state index contributed by atoms with van der Waals surface area (Å²) >= 11 is 7.54. The standard InChI is InChI=1S/C24H26ClFN4O4S2/c1-33-16-8-7-15(22(11-16)34-2)14-30(24-28-9-10-35-24)36(31,32)23-12-17(25)21(13-18(23)26)29-20-6-4-3-5-19(20)27/h3-4,7-13,19-20,29H,5-6,14,27H2,1-2H3/t19-,20-/m0/s1. The number of aromatic nitrogens is 1. The molecule has 0 spiro atoms.